The summed E-state index contributed by atoms with van der Waals surface area (Å²) in [5.41, 5.74) is 1.73. The number of anilines is 1. The van der Waals surface area contributed by atoms with Gasteiger partial charge in [-0.1, -0.05) is 6.07 Å². The second-order valence-electron chi connectivity index (χ2n) is 4.57. The number of aromatic nitrogens is 1. The van der Waals surface area contributed by atoms with Crippen LogP contribution in [0.4, 0.5) is 5.69 Å². The van der Waals surface area contributed by atoms with E-state index >= 15 is 0 Å². The summed E-state index contributed by atoms with van der Waals surface area (Å²) in [7, 11) is 3.95. The highest BCUT2D eigenvalue weighted by Gasteiger charge is 2.11. The summed E-state index contributed by atoms with van der Waals surface area (Å²) in [6, 6.07) is 11.3. The average Bonchev–Trinajstić information content (AvgIpc) is 2.39. The molecule has 0 unspecified atom stereocenters. The molecule has 0 aliphatic heterocycles. The molecule has 1 heterocycles. The summed E-state index contributed by atoms with van der Waals surface area (Å²) < 4.78 is 5.76. The molecule has 0 saturated carbocycles. The fraction of sp³-hybridized carbons (Fsp3) is 0.267. The molecular weight excluding hydrogens is 240 g/mol. The van der Waals surface area contributed by atoms with Crippen molar-refractivity contribution in [3.8, 4) is 11.6 Å². The molecule has 4 heteroatoms. The minimum atomic E-state index is -0.610. The third-order valence-corrected chi connectivity index (χ3v) is 2.80. The smallest absolute Gasteiger partial charge is 0.225 e. The molecule has 0 saturated heterocycles. The van der Waals surface area contributed by atoms with E-state index in [1.165, 1.54) is 0 Å². The van der Waals surface area contributed by atoms with Crippen molar-refractivity contribution in [3.05, 3.63) is 48.2 Å². The van der Waals surface area contributed by atoms with Gasteiger partial charge in [0.25, 0.3) is 0 Å². The lowest BCUT2D eigenvalue weighted by atomic mass is 10.2. The number of hydrogen-bond donors (Lipinski definition) is 1. The Morgan fingerprint density at radius 2 is 2.00 bits per heavy atom. The van der Waals surface area contributed by atoms with Crippen LogP contribution < -0.4 is 9.64 Å². The van der Waals surface area contributed by atoms with Gasteiger partial charge in [0.1, 0.15) is 5.75 Å². The monoisotopic (exact) mass is 258 g/mol. The zero-order valence-electron chi connectivity index (χ0n) is 11.4. The fourth-order valence-corrected chi connectivity index (χ4v) is 1.74. The molecule has 0 aliphatic rings. The number of ether oxygens (including phenoxy) is 1. The molecular formula is C15H18N2O2. The summed E-state index contributed by atoms with van der Waals surface area (Å²) in [5, 5.41) is 9.70. The number of pyridine rings is 1. The largest absolute Gasteiger partial charge is 0.439 e. The molecule has 0 radical (unpaired) electrons. The minimum Gasteiger partial charge on any atom is -0.439 e. The van der Waals surface area contributed by atoms with Crippen LogP contribution in [0.15, 0.2) is 42.6 Å². The number of rotatable bonds is 4. The summed E-state index contributed by atoms with van der Waals surface area (Å²) in [6.45, 7) is 1.69. The topological polar surface area (TPSA) is 45.6 Å². The van der Waals surface area contributed by atoms with E-state index < -0.39 is 6.10 Å². The maximum atomic E-state index is 9.70. The van der Waals surface area contributed by atoms with Crippen LogP contribution in [-0.4, -0.2) is 24.2 Å². The van der Waals surface area contributed by atoms with Crippen LogP contribution in [0.25, 0.3) is 0 Å². The Labute approximate surface area is 113 Å². The van der Waals surface area contributed by atoms with E-state index in [2.05, 4.69) is 4.98 Å². The van der Waals surface area contributed by atoms with E-state index in [4.69, 9.17) is 4.74 Å². The number of aliphatic hydroxyl groups excluding tert-OH is 1. The average molecular weight is 258 g/mol. The van der Waals surface area contributed by atoms with E-state index in [1.54, 1.807) is 19.2 Å². The molecule has 1 aromatic carbocycles. The minimum absolute atomic E-state index is 0.438. The van der Waals surface area contributed by atoms with Crippen LogP contribution in [0.2, 0.25) is 0 Å². The van der Waals surface area contributed by atoms with E-state index in [9.17, 15) is 5.11 Å². The standard InChI is InChI=1S/C15H18N2O2/c1-11(18)14-8-5-9-16-15(14)19-13-7-4-6-12(10-13)17(2)3/h4-11,18H,1-3H3/t11-/m0/s1. The van der Waals surface area contributed by atoms with Gasteiger partial charge in [-0.15, -0.1) is 0 Å². The van der Waals surface area contributed by atoms with Gasteiger partial charge in [0.15, 0.2) is 0 Å². The zero-order valence-corrected chi connectivity index (χ0v) is 11.4. The lowest BCUT2D eigenvalue weighted by Crippen LogP contribution is -2.08. The van der Waals surface area contributed by atoms with Crippen LogP contribution in [0, 0.1) is 0 Å². The third kappa shape index (κ3) is 3.23. The van der Waals surface area contributed by atoms with Crippen molar-refractivity contribution in [1.29, 1.82) is 0 Å². The van der Waals surface area contributed by atoms with Gasteiger partial charge in [0.05, 0.1) is 6.10 Å². The van der Waals surface area contributed by atoms with E-state index in [0.29, 0.717) is 17.2 Å². The van der Waals surface area contributed by atoms with E-state index in [0.717, 1.165) is 5.69 Å². The van der Waals surface area contributed by atoms with Gasteiger partial charge in [-0.3, -0.25) is 0 Å². The normalized spacial score (nSPS) is 12.0. The van der Waals surface area contributed by atoms with Crippen molar-refractivity contribution in [2.24, 2.45) is 0 Å². The molecule has 2 rings (SSSR count). The van der Waals surface area contributed by atoms with Crippen LogP contribution in [0.5, 0.6) is 11.6 Å². The maximum absolute atomic E-state index is 9.70. The molecule has 1 atom stereocenters. The predicted octanol–water partition coefficient (Wildman–Crippen LogP) is 2.99. The highest BCUT2D eigenvalue weighted by molar-refractivity contribution is 5.50. The fourth-order valence-electron chi connectivity index (χ4n) is 1.74. The van der Waals surface area contributed by atoms with Gasteiger partial charge in [0.2, 0.25) is 5.88 Å². The van der Waals surface area contributed by atoms with Crippen LogP contribution >= 0.6 is 0 Å². The van der Waals surface area contributed by atoms with Crippen LogP contribution in [0.3, 0.4) is 0 Å². The van der Waals surface area contributed by atoms with Crippen molar-refractivity contribution >= 4 is 5.69 Å². The number of benzene rings is 1. The molecule has 1 N–H and O–H groups in total. The maximum Gasteiger partial charge on any atom is 0.225 e. The molecule has 0 bridgehead atoms. The summed E-state index contributed by atoms with van der Waals surface area (Å²) >= 11 is 0. The van der Waals surface area contributed by atoms with Gasteiger partial charge in [0, 0.05) is 37.6 Å². The second-order valence-corrected chi connectivity index (χ2v) is 4.57. The SMILES string of the molecule is C[C@H](O)c1cccnc1Oc1cccc(N(C)C)c1. The highest BCUT2D eigenvalue weighted by Crippen LogP contribution is 2.28. The quantitative estimate of drug-likeness (QED) is 0.915. The summed E-state index contributed by atoms with van der Waals surface area (Å²) in [5.74, 6) is 1.14. The molecule has 100 valence electrons. The number of nitrogens with zero attached hydrogens (tertiary/aromatic N) is 2. The van der Waals surface area contributed by atoms with Gasteiger partial charge < -0.3 is 14.7 Å². The lowest BCUT2D eigenvalue weighted by Gasteiger charge is -2.15. The Hall–Kier alpha value is -2.07. The molecule has 0 amide bonds. The van der Waals surface area contributed by atoms with Gasteiger partial charge in [-0.25, -0.2) is 4.98 Å². The first-order valence-corrected chi connectivity index (χ1v) is 6.16. The first-order chi connectivity index (χ1) is 9.08. The second kappa shape index (κ2) is 5.71. The van der Waals surface area contributed by atoms with Crippen molar-refractivity contribution in [3.63, 3.8) is 0 Å². The molecule has 0 fully saturated rings. The van der Waals surface area contributed by atoms with Gasteiger partial charge >= 0.3 is 0 Å². The zero-order chi connectivity index (χ0) is 13.8. The highest BCUT2D eigenvalue weighted by atomic mass is 16.5. The number of hydrogen-bond acceptors (Lipinski definition) is 4. The van der Waals surface area contributed by atoms with Crippen molar-refractivity contribution in [2.75, 3.05) is 19.0 Å². The predicted molar refractivity (Wildman–Crippen MR) is 75.7 cm³/mol. The molecule has 2 aromatic rings. The van der Waals surface area contributed by atoms with Gasteiger partial charge in [-0.05, 0) is 31.2 Å². The van der Waals surface area contributed by atoms with Crippen molar-refractivity contribution < 1.29 is 9.84 Å². The first kappa shape index (κ1) is 13.4. The van der Waals surface area contributed by atoms with E-state index in [-0.39, 0.29) is 0 Å². The Morgan fingerprint density at radius 3 is 2.68 bits per heavy atom. The van der Waals surface area contributed by atoms with Crippen LogP contribution in [-0.2, 0) is 0 Å². The van der Waals surface area contributed by atoms with Crippen molar-refractivity contribution in [2.45, 2.75) is 13.0 Å². The molecule has 4 nitrogen and oxygen atoms in total. The first-order valence-electron chi connectivity index (χ1n) is 6.16. The molecule has 0 aliphatic carbocycles. The Balaban J connectivity index is 2.29. The molecule has 19 heavy (non-hydrogen) atoms. The Morgan fingerprint density at radius 1 is 1.21 bits per heavy atom. The summed E-state index contributed by atoms with van der Waals surface area (Å²) in [4.78, 5) is 6.17. The van der Waals surface area contributed by atoms with E-state index in [1.807, 2.05) is 49.3 Å². The number of aliphatic hydroxyl groups is 1. The molecule has 1 aromatic heterocycles. The third-order valence-electron chi connectivity index (χ3n) is 2.80. The lowest BCUT2D eigenvalue weighted by molar-refractivity contribution is 0.194. The summed E-state index contributed by atoms with van der Waals surface area (Å²) in [6.07, 6.45) is 1.04. The van der Waals surface area contributed by atoms with Crippen molar-refractivity contribution in [1.82, 2.24) is 4.98 Å². The Bertz CT molecular complexity index is 553. The van der Waals surface area contributed by atoms with Crippen LogP contribution in [0.1, 0.15) is 18.6 Å². The molecule has 0 spiro atoms. The van der Waals surface area contributed by atoms with Gasteiger partial charge in [-0.2, -0.15) is 0 Å². The Kier molecular flexibility index (Phi) is 4.02.